The largest absolute Gasteiger partial charge is 0.394 e. The van der Waals surface area contributed by atoms with Gasteiger partial charge in [-0.25, -0.2) is 9.97 Å². The van der Waals surface area contributed by atoms with E-state index in [1.807, 2.05) is 12.3 Å². The van der Waals surface area contributed by atoms with Crippen LogP contribution in [-0.2, 0) is 4.79 Å². The summed E-state index contributed by atoms with van der Waals surface area (Å²) in [4.78, 5) is 27.4. The number of aliphatic hydroxyl groups is 1. The third-order valence-electron chi connectivity index (χ3n) is 6.72. The van der Waals surface area contributed by atoms with Crippen molar-refractivity contribution in [3.63, 3.8) is 0 Å². The molecule has 1 spiro atoms. The number of piperidine rings is 1. The molecule has 31 heavy (non-hydrogen) atoms. The van der Waals surface area contributed by atoms with E-state index in [0.717, 1.165) is 54.8 Å². The molecular weight excluding hydrogens is 392 g/mol. The van der Waals surface area contributed by atoms with Crippen LogP contribution in [0.2, 0.25) is 0 Å². The molecule has 2 atom stereocenters. The third kappa shape index (κ3) is 3.51. The van der Waals surface area contributed by atoms with Crippen molar-refractivity contribution in [2.45, 2.75) is 25.3 Å². The number of H-pyrrole nitrogens is 1. The van der Waals surface area contributed by atoms with Crippen molar-refractivity contribution >= 4 is 22.8 Å². The lowest BCUT2D eigenvalue weighted by Gasteiger charge is -2.39. The Morgan fingerprint density at radius 1 is 1.32 bits per heavy atom. The summed E-state index contributed by atoms with van der Waals surface area (Å²) in [6.07, 6.45) is 6.23. The molecule has 3 aromatic rings. The minimum atomic E-state index is -0.476. The van der Waals surface area contributed by atoms with Gasteiger partial charge in [-0.05, 0) is 48.4 Å². The van der Waals surface area contributed by atoms with Crippen LogP contribution in [0.25, 0.3) is 11.0 Å². The molecule has 1 saturated carbocycles. The smallest absolute Gasteiger partial charge is 0.224 e. The van der Waals surface area contributed by atoms with Crippen LogP contribution in [-0.4, -0.2) is 45.7 Å². The number of aromatic nitrogens is 3. The number of nitrogens with one attached hydrogen (secondary N) is 2. The molecule has 5 rings (SSSR count). The topological polar surface area (TPSA) is 118 Å². The van der Waals surface area contributed by atoms with E-state index in [2.05, 4.69) is 31.2 Å². The Bertz CT molecular complexity index is 1140. The zero-order valence-corrected chi connectivity index (χ0v) is 17.1. The number of nitriles is 1. The second-order valence-corrected chi connectivity index (χ2v) is 8.54. The van der Waals surface area contributed by atoms with Crippen molar-refractivity contribution in [2.75, 3.05) is 24.6 Å². The molecule has 2 fully saturated rings. The fraction of sp³-hybridized carbons (Fsp3) is 0.391. The van der Waals surface area contributed by atoms with E-state index in [0.29, 0.717) is 5.56 Å². The Labute approximate surface area is 179 Å². The number of hydrogen-bond donors (Lipinski definition) is 3. The maximum absolute atomic E-state index is 13.2. The minimum absolute atomic E-state index is 0.00459. The van der Waals surface area contributed by atoms with E-state index >= 15 is 0 Å². The van der Waals surface area contributed by atoms with Crippen LogP contribution < -0.4 is 10.2 Å². The molecule has 2 unspecified atom stereocenters. The van der Waals surface area contributed by atoms with Crippen molar-refractivity contribution in [2.24, 2.45) is 11.3 Å². The zero-order chi connectivity index (χ0) is 21.4. The fourth-order valence-electron chi connectivity index (χ4n) is 4.82. The first kappa shape index (κ1) is 19.5. The van der Waals surface area contributed by atoms with E-state index in [-0.39, 0.29) is 23.8 Å². The predicted octanol–water partition coefficient (Wildman–Crippen LogP) is 2.29. The maximum atomic E-state index is 13.2. The van der Waals surface area contributed by atoms with Crippen molar-refractivity contribution in [3.8, 4) is 6.07 Å². The predicted molar refractivity (Wildman–Crippen MR) is 115 cm³/mol. The van der Waals surface area contributed by atoms with Crippen LogP contribution in [0.1, 0.15) is 36.4 Å². The Hall–Kier alpha value is -3.44. The molecule has 1 aromatic carbocycles. The molecule has 8 heteroatoms. The van der Waals surface area contributed by atoms with Gasteiger partial charge in [-0.15, -0.1) is 0 Å². The summed E-state index contributed by atoms with van der Waals surface area (Å²) in [7, 11) is 0. The second kappa shape index (κ2) is 7.67. The second-order valence-electron chi connectivity index (χ2n) is 8.54. The van der Waals surface area contributed by atoms with E-state index in [1.54, 1.807) is 30.6 Å². The average Bonchev–Trinajstić information content (AvgIpc) is 3.38. The van der Waals surface area contributed by atoms with Gasteiger partial charge in [0.15, 0.2) is 0 Å². The maximum Gasteiger partial charge on any atom is 0.224 e. The molecule has 1 aliphatic carbocycles. The first-order chi connectivity index (χ1) is 15.1. The van der Waals surface area contributed by atoms with Gasteiger partial charge in [0, 0.05) is 25.2 Å². The highest BCUT2D eigenvalue weighted by molar-refractivity contribution is 5.88. The number of anilines is 1. The summed E-state index contributed by atoms with van der Waals surface area (Å²) >= 11 is 0. The van der Waals surface area contributed by atoms with Crippen molar-refractivity contribution in [1.82, 2.24) is 20.3 Å². The molecule has 3 N–H and O–H groups in total. The van der Waals surface area contributed by atoms with Gasteiger partial charge in [0.25, 0.3) is 0 Å². The highest BCUT2D eigenvalue weighted by Crippen LogP contribution is 2.56. The first-order valence-corrected chi connectivity index (χ1v) is 10.6. The number of fused-ring (bicyclic) bond motifs is 1. The summed E-state index contributed by atoms with van der Waals surface area (Å²) in [5, 5.41) is 22.9. The summed E-state index contributed by atoms with van der Waals surface area (Å²) in [6.45, 7) is 1.36. The number of carbonyl (C=O) groups is 1. The van der Waals surface area contributed by atoms with E-state index < -0.39 is 6.04 Å². The molecule has 1 saturated heterocycles. The average molecular weight is 416 g/mol. The van der Waals surface area contributed by atoms with Crippen LogP contribution in [0.4, 0.5) is 5.82 Å². The lowest BCUT2D eigenvalue weighted by Crippen LogP contribution is -2.49. The molecule has 2 aromatic heterocycles. The van der Waals surface area contributed by atoms with Gasteiger partial charge >= 0.3 is 0 Å². The Morgan fingerprint density at radius 3 is 2.84 bits per heavy atom. The number of rotatable bonds is 5. The minimum Gasteiger partial charge on any atom is -0.394 e. The van der Waals surface area contributed by atoms with E-state index in [4.69, 9.17) is 5.26 Å². The highest BCUT2D eigenvalue weighted by Gasteiger charge is 2.55. The summed E-state index contributed by atoms with van der Waals surface area (Å²) < 4.78 is 0. The SMILES string of the molecule is N#Cc1ccc(C(CO)NC(=O)C2CCN(c3ncnc4[nH]ccc34)CC23CC3)cc1. The molecule has 8 nitrogen and oxygen atoms in total. The number of benzene rings is 1. The van der Waals surface area contributed by atoms with Gasteiger partial charge in [-0.3, -0.25) is 4.79 Å². The van der Waals surface area contributed by atoms with E-state index in [9.17, 15) is 9.90 Å². The molecule has 0 radical (unpaired) electrons. The van der Waals surface area contributed by atoms with Crippen LogP contribution in [0.3, 0.4) is 0 Å². The van der Waals surface area contributed by atoms with Crippen LogP contribution in [0.5, 0.6) is 0 Å². The van der Waals surface area contributed by atoms with Gasteiger partial charge in [-0.1, -0.05) is 12.1 Å². The van der Waals surface area contributed by atoms with Crippen molar-refractivity contribution in [3.05, 3.63) is 54.0 Å². The lowest BCUT2D eigenvalue weighted by molar-refractivity contribution is -0.129. The molecule has 0 bridgehead atoms. The number of hydrogen-bond acceptors (Lipinski definition) is 6. The number of aromatic amines is 1. The normalized spacial score (nSPS) is 20.4. The Balaban J connectivity index is 1.31. The van der Waals surface area contributed by atoms with Crippen LogP contribution in [0.15, 0.2) is 42.9 Å². The number of carbonyl (C=O) groups excluding carboxylic acids is 1. The highest BCUT2D eigenvalue weighted by atomic mass is 16.3. The fourth-order valence-corrected chi connectivity index (χ4v) is 4.82. The number of nitrogens with zero attached hydrogens (tertiary/aromatic N) is 4. The van der Waals surface area contributed by atoms with Gasteiger partial charge < -0.3 is 20.3 Å². The Morgan fingerprint density at radius 2 is 2.13 bits per heavy atom. The van der Waals surface area contributed by atoms with Gasteiger partial charge in [0.05, 0.1) is 29.7 Å². The van der Waals surface area contributed by atoms with E-state index in [1.165, 1.54) is 0 Å². The zero-order valence-electron chi connectivity index (χ0n) is 17.1. The lowest BCUT2D eigenvalue weighted by atomic mass is 9.81. The monoisotopic (exact) mass is 416 g/mol. The van der Waals surface area contributed by atoms with Gasteiger partial charge in [-0.2, -0.15) is 5.26 Å². The molecular formula is C23H24N6O2. The van der Waals surface area contributed by atoms with Gasteiger partial charge in [0.1, 0.15) is 17.8 Å². The van der Waals surface area contributed by atoms with Crippen LogP contribution >= 0.6 is 0 Å². The molecule has 158 valence electrons. The molecule has 1 aliphatic heterocycles. The first-order valence-electron chi connectivity index (χ1n) is 10.6. The van der Waals surface area contributed by atoms with Gasteiger partial charge in [0.2, 0.25) is 5.91 Å². The third-order valence-corrected chi connectivity index (χ3v) is 6.72. The Kier molecular flexibility index (Phi) is 4.83. The number of aliphatic hydroxyl groups excluding tert-OH is 1. The van der Waals surface area contributed by atoms with Crippen LogP contribution in [0, 0.1) is 22.7 Å². The standard InChI is InChI=1S/C23H24N6O2/c24-11-15-1-3-16(4-2-15)19(12-30)28-22(31)18-6-10-29(13-23(18)7-8-23)21-17-5-9-25-20(17)26-14-27-21/h1-5,9,14,18-19,30H,6-8,10,12-13H2,(H,28,31)(H,25,26,27). The number of amides is 1. The van der Waals surface area contributed by atoms with Crippen molar-refractivity contribution < 1.29 is 9.90 Å². The summed E-state index contributed by atoms with van der Waals surface area (Å²) in [6, 6.07) is 10.6. The van der Waals surface area contributed by atoms with Crippen molar-refractivity contribution in [1.29, 1.82) is 5.26 Å². The molecule has 1 amide bonds. The summed E-state index contributed by atoms with van der Waals surface area (Å²) in [5.74, 6) is 0.831. The quantitative estimate of drug-likeness (QED) is 0.587. The molecule has 3 heterocycles. The molecule has 2 aliphatic rings. The summed E-state index contributed by atoms with van der Waals surface area (Å²) in [5.41, 5.74) is 2.13.